The molecule has 2 rings (SSSR count). The largest absolute Gasteiger partial charge is 0.495 e. The maximum atomic E-state index is 12.4. The fraction of sp³-hybridized carbons (Fsp3) is 0.238. The van der Waals surface area contributed by atoms with Gasteiger partial charge in [-0.1, -0.05) is 24.3 Å². The van der Waals surface area contributed by atoms with Crippen LogP contribution in [0.15, 0.2) is 52.6 Å². The average molecular weight is 561 g/mol. The number of nitrogens with zero attached hydrogens (tertiary/aromatic N) is 2. The Morgan fingerprint density at radius 3 is 2.52 bits per heavy atom. The molecule has 9 nitrogen and oxygen atoms in total. The van der Waals surface area contributed by atoms with Gasteiger partial charge in [0.25, 0.3) is 5.91 Å². The molecule has 0 heterocycles. The molecule has 33 heavy (non-hydrogen) atoms. The Kier molecular flexibility index (Phi) is 9.56. The molecule has 0 saturated heterocycles. The van der Waals surface area contributed by atoms with Crippen molar-refractivity contribution >= 4 is 55.4 Å². The van der Waals surface area contributed by atoms with Gasteiger partial charge in [-0.3, -0.25) is 9.10 Å². The van der Waals surface area contributed by atoms with Crippen molar-refractivity contribution < 1.29 is 27.4 Å². The highest BCUT2D eigenvalue weighted by Crippen LogP contribution is 2.36. The zero-order chi connectivity index (χ0) is 24.6. The third kappa shape index (κ3) is 7.37. The maximum Gasteiger partial charge on any atom is 0.260 e. The molecule has 2 aromatic rings. The number of hydrogen-bond donors (Lipinski definition) is 1. The molecule has 1 N–H and O–H groups in total. The van der Waals surface area contributed by atoms with E-state index in [1.807, 2.05) is 0 Å². The van der Waals surface area contributed by atoms with Crippen LogP contribution in [-0.4, -0.2) is 54.2 Å². The molecule has 0 aliphatic heterocycles. The number of amides is 1. The van der Waals surface area contributed by atoms with E-state index >= 15 is 0 Å². The number of hydrazone groups is 1. The third-order valence-electron chi connectivity index (χ3n) is 4.11. The summed E-state index contributed by atoms with van der Waals surface area (Å²) in [6.45, 7) is 3.41. The van der Waals surface area contributed by atoms with Crippen LogP contribution in [0, 0.1) is 0 Å². The van der Waals surface area contributed by atoms with Crippen LogP contribution in [0.2, 0.25) is 5.02 Å². The summed E-state index contributed by atoms with van der Waals surface area (Å²) in [7, 11) is -0.839. The normalized spacial score (nSPS) is 11.2. The number of rotatable bonds is 11. The lowest BCUT2D eigenvalue weighted by atomic mass is 10.2. The molecule has 2 aromatic carbocycles. The average Bonchev–Trinajstić information content (AvgIpc) is 2.75. The first-order chi connectivity index (χ1) is 15.6. The Hall–Kier alpha value is -2.76. The van der Waals surface area contributed by atoms with Crippen molar-refractivity contribution in [1.82, 2.24) is 5.43 Å². The van der Waals surface area contributed by atoms with E-state index < -0.39 is 22.5 Å². The van der Waals surface area contributed by atoms with Gasteiger partial charge >= 0.3 is 0 Å². The number of carbonyl (C=O) groups is 1. The van der Waals surface area contributed by atoms with Crippen LogP contribution < -0.4 is 23.9 Å². The van der Waals surface area contributed by atoms with Crippen LogP contribution in [0.5, 0.6) is 17.2 Å². The van der Waals surface area contributed by atoms with E-state index in [-0.39, 0.29) is 10.7 Å². The summed E-state index contributed by atoms with van der Waals surface area (Å²) >= 11 is 9.49. The van der Waals surface area contributed by atoms with Gasteiger partial charge in [-0.2, -0.15) is 5.10 Å². The molecule has 0 aliphatic rings. The number of ether oxygens (including phenoxy) is 3. The van der Waals surface area contributed by atoms with Crippen molar-refractivity contribution in [2.24, 2.45) is 5.10 Å². The van der Waals surface area contributed by atoms with Gasteiger partial charge in [-0.15, -0.1) is 0 Å². The van der Waals surface area contributed by atoms with Crippen molar-refractivity contribution in [1.29, 1.82) is 0 Å². The lowest BCUT2D eigenvalue weighted by molar-refractivity contribution is -0.119. The summed E-state index contributed by atoms with van der Waals surface area (Å²) in [6, 6.07) is 7.79. The van der Waals surface area contributed by atoms with Gasteiger partial charge < -0.3 is 14.2 Å². The molecule has 0 atom stereocenters. The fourth-order valence-corrected chi connectivity index (χ4v) is 4.33. The molecular formula is C21H23BrClN3O6S. The van der Waals surface area contributed by atoms with E-state index in [0.717, 1.165) is 10.6 Å². The molecule has 0 spiro atoms. The highest BCUT2D eigenvalue weighted by atomic mass is 79.9. The Bertz CT molecular complexity index is 1160. The molecule has 178 valence electrons. The maximum absolute atomic E-state index is 12.4. The van der Waals surface area contributed by atoms with Crippen molar-refractivity contribution in [2.45, 2.75) is 0 Å². The zero-order valence-electron chi connectivity index (χ0n) is 18.2. The van der Waals surface area contributed by atoms with Gasteiger partial charge in [0, 0.05) is 0 Å². The quantitative estimate of drug-likeness (QED) is 0.256. The van der Waals surface area contributed by atoms with E-state index in [9.17, 15) is 13.2 Å². The highest BCUT2D eigenvalue weighted by Gasteiger charge is 2.21. The first-order valence-corrected chi connectivity index (χ1v) is 12.4. The van der Waals surface area contributed by atoms with Gasteiger partial charge in [-0.05, 0) is 51.8 Å². The molecule has 12 heteroatoms. The Balaban J connectivity index is 2.15. The van der Waals surface area contributed by atoms with Gasteiger partial charge in [0.2, 0.25) is 10.0 Å². The van der Waals surface area contributed by atoms with Gasteiger partial charge in [0.15, 0.2) is 11.5 Å². The Labute approximate surface area is 206 Å². The Morgan fingerprint density at radius 1 is 1.24 bits per heavy atom. The number of hydrogen-bond acceptors (Lipinski definition) is 7. The summed E-state index contributed by atoms with van der Waals surface area (Å²) in [4.78, 5) is 12.4. The molecule has 0 aromatic heterocycles. The number of anilines is 1. The number of methoxy groups -OCH3 is 2. The highest BCUT2D eigenvalue weighted by molar-refractivity contribution is 9.10. The van der Waals surface area contributed by atoms with Crippen LogP contribution >= 0.6 is 27.5 Å². The summed E-state index contributed by atoms with van der Waals surface area (Å²) in [6.07, 6.45) is 3.98. The second-order valence-electron chi connectivity index (χ2n) is 6.52. The number of benzene rings is 2. The summed E-state index contributed by atoms with van der Waals surface area (Å²) in [5.74, 6) is 0.685. The fourth-order valence-electron chi connectivity index (χ4n) is 2.65. The lowest BCUT2D eigenvalue weighted by Gasteiger charge is -2.22. The minimum atomic E-state index is -3.78. The number of carbonyl (C=O) groups excluding carboxylic acids is 1. The van der Waals surface area contributed by atoms with Crippen LogP contribution in [0.3, 0.4) is 0 Å². The molecule has 0 fully saturated rings. The molecule has 0 unspecified atom stereocenters. The molecule has 0 radical (unpaired) electrons. The van der Waals surface area contributed by atoms with Gasteiger partial charge in [0.05, 0.1) is 41.9 Å². The molecule has 0 bridgehead atoms. The van der Waals surface area contributed by atoms with E-state index in [0.29, 0.717) is 33.9 Å². The van der Waals surface area contributed by atoms with Crippen LogP contribution in [0.4, 0.5) is 5.69 Å². The summed E-state index contributed by atoms with van der Waals surface area (Å²) in [5.41, 5.74) is 3.13. The third-order valence-corrected chi connectivity index (χ3v) is 6.14. The molecule has 0 saturated carbocycles. The zero-order valence-corrected chi connectivity index (χ0v) is 21.3. The first-order valence-electron chi connectivity index (χ1n) is 9.35. The minimum Gasteiger partial charge on any atom is -0.495 e. The van der Waals surface area contributed by atoms with Crippen molar-refractivity contribution in [2.75, 3.05) is 37.9 Å². The molecule has 0 aliphatic carbocycles. The second-order valence-corrected chi connectivity index (χ2v) is 9.68. The molecule has 1 amide bonds. The van der Waals surface area contributed by atoms with Gasteiger partial charge in [-0.25, -0.2) is 13.8 Å². The lowest BCUT2D eigenvalue weighted by Crippen LogP contribution is -2.39. The van der Waals surface area contributed by atoms with Crippen molar-refractivity contribution in [3.05, 3.63) is 58.0 Å². The van der Waals surface area contributed by atoms with E-state index in [4.69, 9.17) is 25.8 Å². The van der Waals surface area contributed by atoms with Gasteiger partial charge in [0.1, 0.15) is 18.9 Å². The summed E-state index contributed by atoms with van der Waals surface area (Å²) in [5, 5.41) is 4.11. The first kappa shape index (κ1) is 26.5. The summed E-state index contributed by atoms with van der Waals surface area (Å²) < 4.78 is 42.0. The number of halogens is 2. The van der Waals surface area contributed by atoms with E-state index in [2.05, 4.69) is 33.0 Å². The van der Waals surface area contributed by atoms with E-state index in [1.54, 1.807) is 18.2 Å². The van der Waals surface area contributed by atoms with Crippen LogP contribution in [0.1, 0.15) is 5.56 Å². The predicted molar refractivity (Wildman–Crippen MR) is 132 cm³/mol. The van der Waals surface area contributed by atoms with Crippen molar-refractivity contribution in [3.8, 4) is 17.2 Å². The standard InChI is InChI=1S/C21H23BrClN3O6S/c1-5-8-32-21-16(22)9-14(10-19(21)31-3)12-24-25-20(27)13-26(33(4,28)29)15-6-7-18(30-2)17(23)11-15/h5-7,9-12H,1,8,13H2,2-4H3,(H,25,27)/b24-12-. The Morgan fingerprint density at radius 2 is 1.94 bits per heavy atom. The molecular weight excluding hydrogens is 538 g/mol. The second kappa shape index (κ2) is 11.9. The SMILES string of the molecule is C=CCOc1c(Br)cc(/C=N\NC(=O)CN(c2ccc(OC)c(Cl)c2)S(C)(=O)=O)cc1OC. The predicted octanol–water partition coefficient (Wildman–Crippen LogP) is 3.60. The van der Waals surface area contributed by atoms with E-state index in [1.165, 1.54) is 38.6 Å². The van der Waals surface area contributed by atoms with Crippen LogP contribution in [-0.2, 0) is 14.8 Å². The van der Waals surface area contributed by atoms with Crippen molar-refractivity contribution in [3.63, 3.8) is 0 Å². The van der Waals surface area contributed by atoms with Crippen LogP contribution in [0.25, 0.3) is 0 Å². The minimum absolute atomic E-state index is 0.210. The topological polar surface area (TPSA) is 107 Å². The smallest absolute Gasteiger partial charge is 0.260 e. The number of nitrogens with one attached hydrogen (secondary N) is 1. The number of sulfonamides is 1. The monoisotopic (exact) mass is 559 g/mol.